The van der Waals surface area contributed by atoms with E-state index in [0.29, 0.717) is 16.8 Å². The number of halogens is 3. The van der Waals surface area contributed by atoms with Crippen LogP contribution in [0, 0.1) is 5.41 Å². The van der Waals surface area contributed by atoms with Crippen LogP contribution in [0.15, 0.2) is 36.8 Å². The Morgan fingerprint density at radius 2 is 1.92 bits per heavy atom. The third-order valence-electron chi connectivity index (χ3n) is 7.26. The standard InChI is InChI=1S/C24H25ClF2N8O2/c1-15-21-30-31-22(33-12-24(13-33)10-32(11-24)20-4-5-28-14-29-20)35(21)19-3-2-17(25)6-16(19)9-34(15)23(36)37-18(7-26)8-27/h2-6,14-15,18H,7-13H2,1H3. The lowest BCUT2D eigenvalue weighted by atomic mass is 9.73. The molecular weight excluding hydrogens is 506 g/mol. The van der Waals surface area contributed by atoms with Gasteiger partial charge in [0.05, 0.1) is 18.3 Å². The van der Waals surface area contributed by atoms with Gasteiger partial charge in [-0.3, -0.25) is 9.47 Å². The molecule has 2 saturated heterocycles. The molecule has 1 unspecified atom stereocenters. The number of carbonyl (C=O) groups excluding carboxylic acids is 1. The van der Waals surface area contributed by atoms with Gasteiger partial charge in [0.2, 0.25) is 5.95 Å². The summed E-state index contributed by atoms with van der Waals surface area (Å²) in [7, 11) is 0. The maximum atomic E-state index is 13.1. The van der Waals surface area contributed by atoms with Gasteiger partial charge in [0, 0.05) is 42.8 Å². The van der Waals surface area contributed by atoms with Gasteiger partial charge >= 0.3 is 6.09 Å². The molecule has 0 N–H and O–H groups in total. The highest BCUT2D eigenvalue weighted by Gasteiger charge is 2.53. The molecule has 3 aromatic rings. The molecule has 2 fully saturated rings. The van der Waals surface area contributed by atoms with Crippen molar-refractivity contribution in [3.05, 3.63) is 53.2 Å². The second-order valence-electron chi connectivity index (χ2n) is 9.86. The Balaban J connectivity index is 1.27. The number of hydrogen-bond donors (Lipinski definition) is 0. The summed E-state index contributed by atoms with van der Waals surface area (Å²) in [5.41, 5.74) is 1.70. The topological polar surface area (TPSA) is 92.5 Å². The average molecular weight is 531 g/mol. The number of hydrogen-bond acceptors (Lipinski definition) is 8. The highest BCUT2D eigenvalue weighted by atomic mass is 35.5. The largest absolute Gasteiger partial charge is 0.440 e. The first kappa shape index (κ1) is 23.8. The second-order valence-corrected chi connectivity index (χ2v) is 10.3. The van der Waals surface area contributed by atoms with Crippen molar-refractivity contribution in [1.82, 2.24) is 29.6 Å². The van der Waals surface area contributed by atoms with Gasteiger partial charge in [-0.2, -0.15) is 0 Å². The molecule has 37 heavy (non-hydrogen) atoms. The second kappa shape index (κ2) is 9.09. The fourth-order valence-electron chi connectivity index (χ4n) is 5.39. The normalized spacial score (nSPS) is 19.7. The molecule has 10 nitrogen and oxygen atoms in total. The summed E-state index contributed by atoms with van der Waals surface area (Å²) >= 11 is 6.29. The molecule has 6 rings (SSSR count). The summed E-state index contributed by atoms with van der Waals surface area (Å²) in [4.78, 5) is 27.1. The highest BCUT2D eigenvalue weighted by Crippen LogP contribution is 2.44. The van der Waals surface area contributed by atoms with Gasteiger partial charge in [-0.05, 0) is 36.8 Å². The molecule has 194 valence electrons. The third-order valence-corrected chi connectivity index (χ3v) is 7.49. The van der Waals surface area contributed by atoms with Crippen molar-refractivity contribution in [3.63, 3.8) is 0 Å². The lowest BCUT2D eigenvalue weighted by Crippen LogP contribution is -2.73. The number of carbonyl (C=O) groups is 1. The van der Waals surface area contributed by atoms with Gasteiger partial charge in [-0.15, -0.1) is 10.2 Å². The van der Waals surface area contributed by atoms with E-state index >= 15 is 0 Å². The first-order valence-corrected chi connectivity index (χ1v) is 12.4. The summed E-state index contributed by atoms with van der Waals surface area (Å²) < 4.78 is 33.1. The van der Waals surface area contributed by atoms with E-state index in [1.807, 2.05) is 16.7 Å². The highest BCUT2D eigenvalue weighted by molar-refractivity contribution is 6.30. The summed E-state index contributed by atoms with van der Waals surface area (Å²) in [6, 6.07) is 6.76. The molecule has 1 aromatic carbocycles. The fourth-order valence-corrected chi connectivity index (χ4v) is 5.59. The Kier molecular flexibility index (Phi) is 5.85. The van der Waals surface area contributed by atoms with E-state index in [-0.39, 0.29) is 12.0 Å². The molecule has 0 aliphatic carbocycles. The molecule has 0 radical (unpaired) electrons. The van der Waals surface area contributed by atoms with E-state index in [4.69, 9.17) is 16.3 Å². The Morgan fingerprint density at radius 1 is 1.16 bits per heavy atom. The molecule has 0 bridgehead atoms. The Labute approximate surface area is 216 Å². The monoisotopic (exact) mass is 530 g/mol. The van der Waals surface area contributed by atoms with Crippen LogP contribution in [0.2, 0.25) is 5.02 Å². The summed E-state index contributed by atoms with van der Waals surface area (Å²) in [5, 5.41) is 9.44. The van der Waals surface area contributed by atoms with E-state index in [9.17, 15) is 13.6 Å². The third kappa shape index (κ3) is 4.03. The number of amides is 1. The van der Waals surface area contributed by atoms with Crippen LogP contribution in [0.1, 0.15) is 24.4 Å². The average Bonchev–Trinajstić information content (AvgIpc) is 3.24. The minimum absolute atomic E-state index is 0.141. The van der Waals surface area contributed by atoms with Crippen molar-refractivity contribution in [2.75, 3.05) is 49.3 Å². The summed E-state index contributed by atoms with van der Waals surface area (Å²) in [6.07, 6.45) is 1.03. The summed E-state index contributed by atoms with van der Waals surface area (Å²) in [5.74, 6) is 2.13. The molecular formula is C24H25ClF2N8O2. The van der Waals surface area contributed by atoms with Gasteiger partial charge in [0.25, 0.3) is 0 Å². The SMILES string of the molecule is CC1c2nnc(N3CC4(CN(c5ccncn5)C4)C3)n2-c2ccc(Cl)cc2CN1C(=O)OC(CF)CF. The van der Waals surface area contributed by atoms with Crippen LogP contribution in [0.3, 0.4) is 0 Å². The fraction of sp³-hybridized carbons (Fsp3) is 0.458. The summed E-state index contributed by atoms with van der Waals surface area (Å²) in [6.45, 7) is 3.15. The van der Waals surface area contributed by atoms with E-state index < -0.39 is 31.6 Å². The van der Waals surface area contributed by atoms with Crippen molar-refractivity contribution in [1.29, 1.82) is 0 Å². The van der Waals surface area contributed by atoms with Gasteiger partial charge in [0.15, 0.2) is 11.9 Å². The molecule has 2 aromatic heterocycles. The lowest BCUT2D eigenvalue weighted by Gasteiger charge is -2.60. The number of rotatable bonds is 5. The zero-order valence-electron chi connectivity index (χ0n) is 20.1. The molecule has 0 saturated carbocycles. The predicted octanol–water partition coefficient (Wildman–Crippen LogP) is 3.36. The van der Waals surface area contributed by atoms with Crippen molar-refractivity contribution < 1.29 is 18.3 Å². The van der Waals surface area contributed by atoms with Crippen LogP contribution in [0.5, 0.6) is 0 Å². The number of benzene rings is 1. The van der Waals surface area contributed by atoms with E-state index in [2.05, 4.69) is 30.0 Å². The van der Waals surface area contributed by atoms with Gasteiger partial charge < -0.3 is 14.5 Å². The van der Waals surface area contributed by atoms with Gasteiger partial charge in [0.1, 0.15) is 25.5 Å². The molecule has 3 aliphatic heterocycles. The van der Waals surface area contributed by atoms with Crippen LogP contribution >= 0.6 is 11.6 Å². The van der Waals surface area contributed by atoms with E-state index in [0.717, 1.165) is 43.2 Å². The number of nitrogens with zero attached hydrogens (tertiary/aromatic N) is 8. The maximum absolute atomic E-state index is 13.1. The number of alkyl halides is 2. The molecule has 1 spiro atoms. The molecule has 13 heteroatoms. The van der Waals surface area contributed by atoms with Crippen LogP contribution in [0.25, 0.3) is 5.69 Å². The zero-order chi connectivity index (χ0) is 25.7. The molecule has 5 heterocycles. The molecule has 3 aliphatic rings. The zero-order valence-corrected chi connectivity index (χ0v) is 20.9. The van der Waals surface area contributed by atoms with E-state index in [1.165, 1.54) is 4.90 Å². The number of aromatic nitrogens is 5. The van der Waals surface area contributed by atoms with Crippen molar-refractivity contribution in [3.8, 4) is 5.69 Å². The van der Waals surface area contributed by atoms with Crippen LogP contribution in [-0.4, -0.2) is 81.4 Å². The lowest BCUT2D eigenvalue weighted by molar-refractivity contribution is 0.0286. The van der Waals surface area contributed by atoms with Gasteiger partial charge in [-0.1, -0.05) is 11.6 Å². The van der Waals surface area contributed by atoms with Crippen LogP contribution in [0.4, 0.5) is 25.3 Å². The van der Waals surface area contributed by atoms with Crippen LogP contribution < -0.4 is 9.80 Å². The molecule has 1 amide bonds. The maximum Gasteiger partial charge on any atom is 0.411 e. The Bertz CT molecular complexity index is 1310. The minimum Gasteiger partial charge on any atom is -0.440 e. The van der Waals surface area contributed by atoms with Gasteiger partial charge in [-0.25, -0.2) is 23.5 Å². The first-order chi connectivity index (χ1) is 17.9. The minimum atomic E-state index is -1.45. The molecule has 1 atom stereocenters. The first-order valence-electron chi connectivity index (χ1n) is 12.0. The Hall–Kier alpha value is -3.54. The van der Waals surface area contributed by atoms with Crippen molar-refractivity contribution >= 4 is 29.5 Å². The van der Waals surface area contributed by atoms with Crippen LogP contribution in [-0.2, 0) is 11.3 Å². The van der Waals surface area contributed by atoms with Crippen molar-refractivity contribution in [2.24, 2.45) is 5.41 Å². The number of fused-ring (bicyclic) bond motifs is 3. The Morgan fingerprint density at radius 3 is 2.62 bits per heavy atom. The predicted molar refractivity (Wildman–Crippen MR) is 131 cm³/mol. The van der Waals surface area contributed by atoms with E-state index in [1.54, 1.807) is 31.6 Å². The van der Waals surface area contributed by atoms with Crippen molar-refractivity contribution in [2.45, 2.75) is 25.6 Å². The number of ether oxygens (including phenoxy) is 1. The smallest absolute Gasteiger partial charge is 0.411 e. The quantitative estimate of drug-likeness (QED) is 0.496. The number of anilines is 2.